The fourth-order valence-corrected chi connectivity index (χ4v) is 3.38. The van der Waals surface area contributed by atoms with E-state index in [1.165, 1.54) is 0 Å². The highest BCUT2D eigenvalue weighted by atomic mass is 35.5. The van der Waals surface area contributed by atoms with Gasteiger partial charge in [-0.05, 0) is 24.7 Å². The van der Waals surface area contributed by atoms with E-state index in [0.29, 0.717) is 18.3 Å². The average molecular weight is 299 g/mol. The summed E-state index contributed by atoms with van der Waals surface area (Å²) in [5.74, 6) is 1.10. The van der Waals surface area contributed by atoms with Gasteiger partial charge in [0.15, 0.2) is 0 Å². The maximum Gasteiger partial charge on any atom is 0.421 e. The quantitative estimate of drug-likeness (QED) is 0.748. The Morgan fingerprint density at radius 3 is 2.50 bits per heavy atom. The minimum Gasteiger partial charge on any atom is -0.452 e. The smallest absolute Gasteiger partial charge is 0.421 e. The minimum atomic E-state index is -3.84. The second kappa shape index (κ2) is 7.16. The first-order chi connectivity index (χ1) is 8.48. The molecule has 18 heavy (non-hydrogen) atoms. The summed E-state index contributed by atoms with van der Waals surface area (Å²) < 4.78 is 31.3. The van der Waals surface area contributed by atoms with Crippen molar-refractivity contribution in [2.45, 2.75) is 25.7 Å². The first-order valence-corrected chi connectivity index (χ1v) is 7.91. The molecule has 0 aromatic heterocycles. The Morgan fingerprint density at radius 2 is 1.94 bits per heavy atom. The predicted molar refractivity (Wildman–Crippen MR) is 68.6 cm³/mol. The van der Waals surface area contributed by atoms with Crippen LogP contribution in [0.3, 0.4) is 0 Å². The van der Waals surface area contributed by atoms with Crippen molar-refractivity contribution in [3.05, 3.63) is 0 Å². The van der Waals surface area contributed by atoms with E-state index >= 15 is 0 Å². The molecule has 106 valence electrons. The van der Waals surface area contributed by atoms with Crippen LogP contribution in [0.15, 0.2) is 0 Å². The van der Waals surface area contributed by atoms with Crippen molar-refractivity contribution in [3.63, 3.8) is 0 Å². The van der Waals surface area contributed by atoms with Crippen molar-refractivity contribution in [3.8, 4) is 0 Å². The Hall–Kier alpha value is -0.530. The Balaban J connectivity index is 2.45. The monoisotopic (exact) mass is 298 g/mol. The zero-order valence-electron chi connectivity index (χ0n) is 10.3. The van der Waals surface area contributed by atoms with Crippen molar-refractivity contribution >= 4 is 27.9 Å². The van der Waals surface area contributed by atoms with E-state index in [1.807, 2.05) is 0 Å². The Morgan fingerprint density at radius 1 is 1.33 bits per heavy atom. The van der Waals surface area contributed by atoms with Crippen LogP contribution in [-0.4, -0.2) is 34.0 Å². The van der Waals surface area contributed by atoms with Gasteiger partial charge in [0.1, 0.15) is 0 Å². The van der Waals surface area contributed by atoms with Gasteiger partial charge in [-0.25, -0.2) is 9.52 Å². The summed E-state index contributed by atoms with van der Waals surface area (Å²) in [4.78, 5) is 10.8. The third-order valence-electron chi connectivity index (χ3n) is 3.20. The average Bonchev–Trinajstić information content (AvgIpc) is 2.36. The number of amides is 1. The van der Waals surface area contributed by atoms with Crippen molar-refractivity contribution in [1.82, 2.24) is 9.44 Å². The summed E-state index contributed by atoms with van der Waals surface area (Å²) in [5.41, 5.74) is 0. The largest absolute Gasteiger partial charge is 0.452 e. The second-order valence-corrected chi connectivity index (χ2v) is 6.21. The topological polar surface area (TPSA) is 84.5 Å². The lowest BCUT2D eigenvalue weighted by atomic mass is 9.80. The van der Waals surface area contributed by atoms with Gasteiger partial charge in [-0.3, -0.25) is 0 Å². The van der Waals surface area contributed by atoms with Crippen LogP contribution in [0.4, 0.5) is 4.79 Å². The number of nitrogens with one attached hydrogen (secondary N) is 2. The zero-order chi connectivity index (χ0) is 13.6. The van der Waals surface area contributed by atoms with Crippen molar-refractivity contribution in [2.75, 3.05) is 19.5 Å². The number of halogens is 1. The third kappa shape index (κ3) is 4.99. The molecule has 0 saturated heterocycles. The lowest BCUT2D eigenvalue weighted by Gasteiger charge is -2.30. The second-order valence-electron chi connectivity index (χ2n) is 4.40. The molecule has 0 bridgehead atoms. The van der Waals surface area contributed by atoms with Gasteiger partial charge in [-0.2, -0.15) is 13.1 Å². The van der Waals surface area contributed by atoms with Crippen LogP contribution in [0.1, 0.15) is 25.7 Å². The van der Waals surface area contributed by atoms with Gasteiger partial charge in [0.05, 0.1) is 7.11 Å². The molecule has 1 saturated carbocycles. The molecule has 0 aromatic rings. The van der Waals surface area contributed by atoms with Crippen LogP contribution < -0.4 is 9.44 Å². The van der Waals surface area contributed by atoms with Gasteiger partial charge < -0.3 is 4.74 Å². The molecule has 2 atom stereocenters. The fourth-order valence-electron chi connectivity index (χ4n) is 2.16. The molecule has 1 fully saturated rings. The lowest BCUT2D eigenvalue weighted by Crippen LogP contribution is -2.43. The molecule has 6 nitrogen and oxygen atoms in total. The van der Waals surface area contributed by atoms with E-state index in [4.69, 9.17) is 11.6 Å². The van der Waals surface area contributed by atoms with Crippen LogP contribution in [0.2, 0.25) is 0 Å². The van der Waals surface area contributed by atoms with Crippen LogP contribution in [0.25, 0.3) is 0 Å². The number of alkyl halides is 1. The Labute approximate surface area is 113 Å². The normalized spacial score (nSPS) is 24.6. The molecule has 1 aliphatic rings. The van der Waals surface area contributed by atoms with E-state index in [0.717, 1.165) is 32.8 Å². The van der Waals surface area contributed by atoms with Crippen LogP contribution in [-0.2, 0) is 14.9 Å². The van der Waals surface area contributed by atoms with Gasteiger partial charge in [0.2, 0.25) is 0 Å². The molecule has 0 aliphatic heterocycles. The van der Waals surface area contributed by atoms with E-state index in [1.54, 1.807) is 4.72 Å². The SMILES string of the molecule is COC(=O)NS(=O)(=O)NCC1CCCCC1CCl. The Bertz CT molecular complexity index is 374. The number of methoxy groups -OCH3 is 1. The first-order valence-electron chi connectivity index (χ1n) is 5.90. The molecule has 1 rings (SSSR count). The van der Waals surface area contributed by atoms with E-state index in [2.05, 4.69) is 9.46 Å². The van der Waals surface area contributed by atoms with E-state index in [9.17, 15) is 13.2 Å². The summed E-state index contributed by atoms with van der Waals surface area (Å²) in [6, 6.07) is 0. The molecule has 2 unspecified atom stereocenters. The summed E-state index contributed by atoms with van der Waals surface area (Å²) >= 11 is 5.86. The van der Waals surface area contributed by atoms with Crippen LogP contribution >= 0.6 is 11.6 Å². The number of carbonyl (C=O) groups is 1. The molecule has 2 N–H and O–H groups in total. The predicted octanol–water partition coefficient (Wildman–Crippen LogP) is 1.22. The summed E-state index contributed by atoms with van der Waals surface area (Å²) in [7, 11) is -2.73. The van der Waals surface area contributed by atoms with E-state index < -0.39 is 16.3 Å². The van der Waals surface area contributed by atoms with E-state index in [-0.39, 0.29) is 5.92 Å². The molecule has 1 aliphatic carbocycles. The minimum absolute atomic E-state index is 0.227. The molecule has 1 amide bonds. The lowest BCUT2D eigenvalue weighted by molar-refractivity contribution is 0.177. The zero-order valence-corrected chi connectivity index (χ0v) is 11.9. The maximum atomic E-state index is 11.5. The number of ether oxygens (including phenoxy) is 1. The number of hydrogen-bond acceptors (Lipinski definition) is 4. The van der Waals surface area contributed by atoms with Gasteiger partial charge in [-0.1, -0.05) is 12.8 Å². The summed E-state index contributed by atoms with van der Waals surface area (Å²) in [5, 5.41) is 0. The number of rotatable bonds is 5. The molecule has 0 heterocycles. The summed E-state index contributed by atoms with van der Waals surface area (Å²) in [6.07, 6.45) is 3.21. The molecular weight excluding hydrogens is 280 g/mol. The van der Waals surface area contributed by atoms with Gasteiger partial charge in [0, 0.05) is 12.4 Å². The van der Waals surface area contributed by atoms with Gasteiger partial charge >= 0.3 is 16.3 Å². The molecular formula is C10H19ClN2O4S. The van der Waals surface area contributed by atoms with Gasteiger partial charge in [0.25, 0.3) is 0 Å². The van der Waals surface area contributed by atoms with Crippen molar-refractivity contribution in [2.24, 2.45) is 11.8 Å². The highest BCUT2D eigenvalue weighted by molar-refractivity contribution is 7.88. The number of hydrogen-bond donors (Lipinski definition) is 2. The van der Waals surface area contributed by atoms with Crippen LogP contribution in [0.5, 0.6) is 0 Å². The third-order valence-corrected chi connectivity index (χ3v) is 4.58. The maximum absolute atomic E-state index is 11.5. The first kappa shape index (κ1) is 15.5. The molecule has 8 heteroatoms. The van der Waals surface area contributed by atoms with Crippen molar-refractivity contribution < 1.29 is 17.9 Å². The van der Waals surface area contributed by atoms with Crippen LogP contribution in [0, 0.1) is 11.8 Å². The molecule has 0 aromatic carbocycles. The highest BCUT2D eigenvalue weighted by Gasteiger charge is 2.26. The standard InChI is InChI=1S/C10H19ClN2O4S/c1-17-10(14)13-18(15,16)12-7-9-5-3-2-4-8(9)6-11/h8-9,12H,2-7H2,1H3,(H,13,14). The molecule has 0 spiro atoms. The van der Waals surface area contributed by atoms with Crippen molar-refractivity contribution in [1.29, 1.82) is 0 Å². The highest BCUT2D eigenvalue weighted by Crippen LogP contribution is 2.30. The van der Waals surface area contributed by atoms with Gasteiger partial charge in [-0.15, -0.1) is 11.6 Å². The Kier molecular flexibility index (Phi) is 6.17. The summed E-state index contributed by atoms with van der Waals surface area (Å²) in [6.45, 7) is 0.295. The number of carbonyl (C=O) groups excluding carboxylic acids is 1. The molecule has 0 radical (unpaired) electrons. The fraction of sp³-hybridized carbons (Fsp3) is 0.900.